The summed E-state index contributed by atoms with van der Waals surface area (Å²) in [6, 6.07) is 7.31. The van der Waals surface area contributed by atoms with Gasteiger partial charge in [0, 0.05) is 16.6 Å². The topological polar surface area (TPSA) is 83.8 Å². The second-order valence-electron chi connectivity index (χ2n) is 11.7. The molecule has 2 N–H and O–H groups in total. The number of carbonyl (C=O) groups excluding carboxylic acids is 2. The fraction of sp³-hybridized carbons (Fsp3) is 0.647. The van der Waals surface area contributed by atoms with Crippen molar-refractivity contribution in [3.63, 3.8) is 0 Å². The number of ether oxygens (including phenoxy) is 1. The van der Waals surface area contributed by atoms with Gasteiger partial charge in [0.2, 0.25) is 0 Å². The van der Waals surface area contributed by atoms with Crippen molar-refractivity contribution in [2.24, 2.45) is 11.3 Å². The Kier molecular flexibility index (Phi) is 16.9. The van der Waals surface area contributed by atoms with Crippen molar-refractivity contribution in [2.75, 3.05) is 19.8 Å². The Labute approximate surface area is 237 Å². The first-order valence-corrected chi connectivity index (χ1v) is 14.9. The van der Waals surface area contributed by atoms with Crippen LogP contribution in [0.4, 0.5) is 0 Å². The van der Waals surface area contributed by atoms with Crippen molar-refractivity contribution >= 4 is 12.3 Å². The molecule has 2 rings (SSSR count). The summed E-state index contributed by atoms with van der Waals surface area (Å²) in [6.07, 6.45) is 15.2. The van der Waals surface area contributed by atoms with Gasteiger partial charge in [0.15, 0.2) is 0 Å². The van der Waals surface area contributed by atoms with Crippen LogP contribution < -0.4 is 0 Å². The zero-order valence-corrected chi connectivity index (χ0v) is 25.1. The molecule has 0 amide bonds. The molecule has 1 fully saturated rings. The quantitative estimate of drug-likeness (QED) is 0.0993. The highest BCUT2D eigenvalue weighted by molar-refractivity contribution is 5.86. The van der Waals surface area contributed by atoms with Crippen LogP contribution in [0.1, 0.15) is 115 Å². The lowest BCUT2D eigenvalue weighted by molar-refractivity contribution is -0.143. The third-order valence-electron chi connectivity index (χ3n) is 8.04. The number of unbranched alkanes of at least 4 members (excludes halogenated alkanes) is 3. The third kappa shape index (κ3) is 13.1. The van der Waals surface area contributed by atoms with Crippen LogP contribution in [-0.4, -0.2) is 42.3 Å². The van der Waals surface area contributed by atoms with E-state index in [1.165, 1.54) is 63.4 Å². The van der Waals surface area contributed by atoms with Gasteiger partial charge < -0.3 is 14.9 Å². The number of aldehydes is 1. The molecule has 1 unspecified atom stereocenters. The molecular weight excluding hydrogens is 488 g/mol. The van der Waals surface area contributed by atoms with Crippen LogP contribution in [0.25, 0.3) is 0 Å². The van der Waals surface area contributed by atoms with Gasteiger partial charge >= 0.3 is 5.97 Å². The number of benzene rings is 1. The molecule has 5 heteroatoms. The number of hydrogen-bond acceptors (Lipinski definition) is 5. The van der Waals surface area contributed by atoms with E-state index < -0.39 is 0 Å². The summed E-state index contributed by atoms with van der Waals surface area (Å²) >= 11 is 0. The minimum atomic E-state index is -0.370. The molecule has 1 aliphatic rings. The van der Waals surface area contributed by atoms with Gasteiger partial charge in [0.05, 0.1) is 19.8 Å². The number of hydrogen-bond donors (Lipinski definition) is 2. The smallest absolute Gasteiger partial charge is 0.333 e. The standard InChI is InChI=1S/C30H48O3.C4H6O2/c1-6-8-9-10-11-26-16-17-28(20-25(26)7-2)27-14-12-24(13-15-27)18-19-30(5,21-31)22-33-29(32)23(3)4;1-4(2-5)3-6/h16-17,20,24,27,31H,3,6-15,18-19,21-22H2,1-2,4-5H3;2,6H,1,3H2. The normalized spacial score (nSPS) is 18.3. The molecule has 0 radical (unpaired) electrons. The Morgan fingerprint density at radius 3 is 2.28 bits per heavy atom. The first-order chi connectivity index (χ1) is 18.6. The van der Waals surface area contributed by atoms with E-state index in [-0.39, 0.29) is 36.8 Å². The van der Waals surface area contributed by atoms with E-state index >= 15 is 0 Å². The molecule has 39 heavy (non-hydrogen) atoms. The summed E-state index contributed by atoms with van der Waals surface area (Å²) in [6.45, 7) is 15.1. The Hall–Kier alpha value is -2.24. The molecule has 1 aromatic carbocycles. The summed E-state index contributed by atoms with van der Waals surface area (Å²) < 4.78 is 5.34. The minimum Gasteiger partial charge on any atom is -0.462 e. The van der Waals surface area contributed by atoms with Crippen LogP contribution in [0.15, 0.2) is 42.5 Å². The largest absolute Gasteiger partial charge is 0.462 e. The van der Waals surface area contributed by atoms with Crippen LogP contribution >= 0.6 is 0 Å². The number of aliphatic hydroxyl groups is 2. The molecule has 1 saturated carbocycles. The van der Waals surface area contributed by atoms with Gasteiger partial charge in [-0.1, -0.05) is 71.4 Å². The second-order valence-corrected chi connectivity index (χ2v) is 11.7. The number of aliphatic hydroxyl groups excluding tert-OH is 2. The van der Waals surface area contributed by atoms with Crippen LogP contribution in [0.3, 0.4) is 0 Å². The zero-order valence-electron chi connectivity index (χ0n) is 25.1. The first-order valence-electron chi connectivity index (χ1n) is 14.9. The number of esters is 1. The van der Waals surface area contributed by atoms with Gasteiger partial charge in [0.1, 0.15) is 6.29 Å². The molecule has 0 aromatic heterocycles. The fourth-order valence-corrected chi connectivity index (χ4v) is 5.15. The van der Waals surface area contributed by atoms with Gasteiger partial charge in [-0.2, -0.15) is 0 Å². The van der Waals surface area contributed by atoms with E-state index in [0.29, 0.717) is 23.7 Å². The molecule has 1 atom stereocenters. The molecule has 1 aromatic rings. The Bertz CT molecular complexity index is 897. The first kappa shape index (κ1) is 34.8. The van der Waals surface area contributed by atoms with E-state index in [1.807, 2.05) is 6.92 Å². The Balaban J connectivity index is 0.00000113. The van der Waals surface area contributed by atoms with Crippen LogP contribution in [0.2, 0.25) is 0 Å². The maximum atomic E-state index is 11.7. The average Bonchev–Trinajstić information content (AvgIpc) is 2.97. The number of aryl methyl sites for hydroxylation is 2. The van der Waals surface area contributed by atoms with Crippen LogP contribution in [0, 0.1) is 11.3 Å². The SMILES string of the molecule is C=C(C)C(=O)OCC(C)(CO)CCC1CCC(c2ccc(CCCCCC)c(CC)c2)CC1.C=C(C=O)CO. The monoisotopic (exact) mass is 542 g/mol. The summed E-state index contributed by atoms with van der Waals surface area (Å²) in [5.41, 5.74) is 4.90. The van der Waals surface area contributed by atoms with E-state index in [4.69, 9.17) is 9.84 Å². The predicted molar refractivity (Wildman–Crippen MR) is 161 cm³/mol. The lowest BCUT2D eigenvalue weighted by atomic mass is 9.74. The molecular formula is C34H54O5. The molecule has 5 nitrogen and oxygen atoms in total. The van der Waals surface area contributed by atoms with Gasteiger partial charge in [-0.25, -0.2) is 4.79 Å². The number of carbonyl (C=O) groups is 2. The maximum Gasteiger partial charge on any atom is 0.333 e. The highest BCUT2D eigenvalue weighted by Crippen LogP contribution is 2.40. The highest BCUT2D eigenvalue weighted by atomic mass is 16.5. The van der Waals surface area contributed by atoms with Crippen molar-refractivity contribution in [1.82, 2.24) is 0 Å². The van der Waals surface area contributed by atoms with Crippen LogP contribution in [-0.2, 0) is 27.2 Å². The van der Waals surface area contributed by atoms with Gasteiger partial charge in [0.25, 0.3) is 0 Å². The van der Waals surface area contributed by atoms with Crippen molar-refractivity contribution in [3.8, 4) is 0 Å². The van der Waals surface area contributed by atoms with E-state index in [2.05, 4.69) is 45.2 Å². The summed E-state index contributed by atoms with van der Waals surface area (Å²) in [7, 11) is 0. The second kappa shape index (κ2) is 18.9. The summed E-state index contributed by atoms with van der Waals surface area (Å²) in [5, 5.41) is 17.9. The Morgan fingerprint density at radius 2 is 1.77 bits per heavy atom. The molecule has 0 bridgehead atoms. The summed E-state index contributed by atoms with van der Waals surface area (Å²) in [4.78, 5) is 21.2. The molecule has 220 valence electrons. The van der Waals surface area contributed by atoms with Crippen molar-refractivity contribution in [3.05, 3.63) is 59.2 Å². The highest BCUT2D eigenvalue weighted by Gasteiger charge is 2.29. The zero-order chi connectivity index (χ0) is 29.3. The lowest BCUT2D eigenvalue weighted by Gasteiger charge is -2.33. The minimum absolute atomic E-state index is 0.0381. The van der Waals surface area contributed by atoms with Crippen molar-refractivity contribution in [2.45, 2.75) is 111 Å². The van der Waals surface area contributed by atoms with E-state index in [1.54, 1.807) is 18.1 Å². The fourth-order valence-electron chi connectivity index (χ4n) is 5.15. The number of rotatable bonds is 16. The lowest BCUT2D eigenvalue weighted by Crippen LogP contribution is -2.30. The molecule has 0 saturated heterocycles. The van der Waals surface area contributed by atoms with E-state index in [9.17, 15) is 14.7 Å². The third-order valence-corrected chi connectivity index (χ3v) is 8.04. The van der Waals surface area contributed by atoms with Gasteiger partial charge in [-0.05, 0) is 93.2 Å². The Morgan fingerprint density at radius 1 is 1.08 bits per heavy atom. The average molecular weight is 543 g/mol. The van der Waals surface area contributed by atoms with E-state index in [0.717, 1.165) is 19.3 Å². The van der Waals surface area contributed by atoms with Crippen molar-refractivity contribution in [1.29, 1.82) is 0 Å². The molecule has 0 heterocycles. The van der Waals surface area contributed by atoms with Gasteiger partial charge in [-0.15, -0.1) is 0 Å². The van der Waals surface area contributed by atoms with Crippen molar-refractivity contribution < 1.29 is 24.5 Å². The summed E-state index contributed by atoms with van der Waals surface area (Å²) in [5.74, 6) is 1.02. The molecule has 1 aliphatic carbocycles. The predicted octanol–water partition coefficient (Wildman–Crippen LogP) is 7.28. The molecule has 0 aliphatic heterocycles. The van der Waals surface area contributed by atoms with Gasteiger partial charge in [-0.3, -0.25) is 4.79 Å². The maximum absolute atomic E-state index is 11.7. The van der Waals surface area contributed by atoms with Crippen LogP contribution in [0.5, 0.6) is 0 Å². The molecule has 0 spiro atoms.